The number of nitrogens with one attached hydrogen (secondary N) is 2. The van der Waals surface area contributed by atoms with E-state index in [1.165, 1.54) is 0 Å². The molecule has 3 N–H and O–H groups in total. The average Bonchev–Trinajstić information content (AvgIpc) is 2.90. The minimum absolute atomic E-state index is 0.0333. The average molecular weight is 488 g/mol. The molecule has 2 amide bonds. The molecule has 1 fully saturated rings. The third-order valence-electron chi connectivity index (χ3n) is 6.41. The highest BCUT2D eigenvalue weighted by molar-refractivity contribution is 5.92. The Kier molecular flexibility index (Phi) is 8.71. The van der Waals surface area contributed by atoms with E-state index in [1.807, 2.05) is 55.6 Å². The molecule has 7 heteroatoms. The predicted molar refractivity (Wildman–Crippen MR) is 142 cm³/mol. The lowest BCUT2D eigenvalue weighted by molar-refractivity contribution is -0.116. The number of ether oxygens (including phenoxy) is 1. The molecule has 1 aliphatic heterocycles. The van der Waals surface area contributed by atoms with Crippen molar-refractivity contribution in [3.63, 3.8) is 0 Å². The number of likely N-dealkylation sites (tertiary alicyclic amines) is 1. The van der Waals surface area contributed by atoms with E-state index in [0.29, 0.717) is 24.2 Å². The highest BCUT2D eigenvalue weighted by Gasteiger charge is 2.23. The zero-order chi connectivity index (χ0) is 25.3. The van der Waals surface area contributed by atoms with Crippen molar-refractivity contribution in [2.45, 2.75) is 44.9 Å². The first-order valence-electron chi connectivity index (χ1n) is 12.4. The molecule has 4 rings (SSSR count). The Bertz CT molecular complexity index is 1160. The van der Waals surface area contributed by atoms with Crippen LogP contribution in [0.2, 0.25) is 0 Å². The molecule has 7 nitrogen and oxygen atoms in total. The van der Waals surface area contributed by atoms with Crippen LogP contribution in [0, 0.1) is 0 Å². The number of aliphatic hydroxyl groups is 1. The van der Waals surface area contributed by atoms with Crippen LogP contribution in [0.15, 0.2) is 72.8 Å². The lowest BCUT2D eigenvalue weighted by Gasteiger charge is -2.31. The van der Waals surface area contributed by atoms with Crippen molar-refractivity contribution in [1.29, 1.82) is 0 Å². The highest BCUT2D eigenvalue weighted by Crippen LogP contribution is 2.30. The Morgan fingerprint density at radius 1 is 0.972 bits per heavy atom. The second kappa shape index (κ2) is 12.3. The lowest BCUT2D eigenvalue weighted by atomic mass is 9.99. The van der Waals surface area contributed by atoms with Gasteiger partial charge < -0.3 is 15.2 Å². The minimum Gasteiger partial charge on any atom is -0.430 e. The molecule has 0 aliphatic carbocycles. The normalized spacial score (nSPS) is 15.8. The first-order chi connectivity index (χ1) is 17.5. The summed E-state index contributed by atoms with van der Waals surface area (Å²) in [6.07, 6.45) is 3.09. The van der Waals surface area contributed by atoms with Crippen LogP contribution >= 0.6 is 0 Å². The van der Waals surface area contributed by atoms with Crippen molar-refractivity contribution >= 4 is 23.4 Å². The molecule has 0 aromatic heterocycles. The summed E-state index contributed by atoms with van der Waals surface area (Å²) in [7, 11) is 1.97. The van der Waals surface area contributed by atoms with Gasteiger partial charge in [-0.05, 0) is 67.6 Å². The van der Waals surface area contributed by atoms with Gasteiger partial charge in [0.1, 0.15) is 0 Å². The zero-order valence-electron chi connectivity index (χ0n) is 20.6. The molecule has 1 saturated heterocycles. The summed E-state index contributed by atoms with van der Waals surface area (Å²) in [5.74, 6) is -0.104. The Morgan fingerprint density at radius 3 is 2.44 bits per heavy atom. The fourth-order valence-electron chi connectivity index (χ4n) is 4.35. The Labute approximate surface area is 212 Å². The Balaban J connectivity index is 1.44. The van der Waals surface area contributed by atoms with Gasteiger partial charge in [0, 0.05) is 24.2 Å². The van der Waals surface area contributed by atoms with E-state index in [2.05, 4.69) is 15.5 Å². The zero-order valence-corrected chi connectivity index (χ0v) is 20.6. The smallest absolute Gasteiger partial charge is 0.413 e. The van der Waals surface area contributed by atoms with Crippen molar-refractivity contribution in [3.05, 3.63) is 83.9 Å². The number of piperidine rings is 1. The van der Waals surface area contributed by atoms with Gasteiger partial charge in [0.25, 0.3) is 0 Å². The van der Waals surface area contributed by atoms with E-state index in [4.69, 9.17) is 9.84 Å². The number of rotatable bonds is 8. The number of hydrogen-bond acceptors (Lipinski definition) is 5. The van der Waals surface area contributed by atoms with Crippen LogP contribution in [-0.2, 0) is 22.6 Å². The third kappa shape index (κ3) is 6.93. The first kappa shape index (κ1) is 25.4. The summed E-state index contributed by atoms with van der Waals surface area (Å²) in [6, 6.07) is 22.8. The van der Waals surface area contributed by atoms with E-state index in [0.717, 1.165) is 48.1 Å². The van der Waals surface area contributed by atoms with Gasteiger partial charge >= 0.3 is 6.09 Å². The Morgan fingerprint density at radius 2 is 1.72 bits per heavy atom. The summed E-state index contributed by atoms with van der Waals surface area (Å²) in [5.41, 5.74) is 4.95. The first-order valence-corrected chi connectivity index (χ1v) is 12.4. The minimum atomic E-state index is -0.479. The van der Waals surface area contributed by atoms with Gasteiger partial charge in [0.15, 0.2) is 6.23 Å². The van der Waals surface area contributed by atoms with Crippen molar-refractivity contribution in [3.8, 4) is 11.1 Å². The van der Waals surface area contributed by atoms with Crippen molar-refractivity contribution in [2.24, 2.45) is 0 Å². The quantitative estimate of drug-likeness (QED) is 0.395. The number of anilines is 2. The summed E-state index contributed by atoms with van der Waals surface area (Å²) in [5, 5.41) is 15.0. The second-order valence-electron chi connectivity index (χ2n) is 9.11. The van der Waals surface area contributed by atoms with Gasteiger partial charge in [-0.2, -0.15) is 0 Å². The highest BCUT2D eigenvalue weighted by atomic mass is 16.6. The van der Waals surface area contributed by atoms with E-state index in [9.17, 15) is 9.59 Å². The monoisotopic (exact) mass is 487 g/mol. The largest absolute Gasteiger partial charge is 0.430 e. The number of nitrogens with zero attached hydrogens (tertiary/aromatic N) is 1. The van der Waals surface area contributed by atoms with Gasteiger partial charge in [-0.1, -0.05) is 54.6 Å². The molecule has 0 bridgehead atoms. The van der Waals surface area contributed by atoms with Gasteiger partial charge in [-0.25, -0.2) is 4.79 Å². The molecule has 1 heterocycles. The van der Waals surface area contributed by atoms with E-state index in [1.54, 1.807) is 24.3 Å². The van der Waals surface area contributed by atoms with Crippen molar-refractivity contribution in [2.75, 3.05) is 24.2 Å². The number of aryl methyl sites for hydroxylation is 1. The second-order valence-corrected chi connectivity index (χ2v) is 9.11. The summed E-state index contributed by atoms with van der Waals surface area (Å²) in [6.45, 7) is 0.880. The van der Waals surface area contributed by atoms with Crippen LogP contribution < -0.4 is 10.6 Å². The molecular weight excluding hydrogens is 454 g/mol. The fourth-order valence-corrected chi connectivity index (χ4v) is 4.35. The molecule has 3 aromatic rings. The third-order valence-corrected chi connectivity index (χ3v) is 6.41. The number of carbonyl (C=O) groups is 2. The van der Waals surface area contributed by atoms with Gasteiger partial charge in [0.2, 0.25) is 5.91 Å². The molecule has 1 atom stereocenters. The Hall–Kier alpha value is -3.68. The van der Waals surface area contributed by atoms with Crippen LogP contribution in [0.3, 0.4) is 0 Å². The number of benzene rings is 3. The summed E-state index contributed by atoms with van der Waals surface area (Å²) in [4.78, 5) is 27.3. The van der Waals surface area contributed by atoms with Crippen LogP contribution in [0.5, 0.6) is 0 Å². The van der Waals surface area contributed by atoms with Crippen molar-refractivity contribution in [1.82, 2.24) is 4.90 Å². The number of amides is 2. The maximum atomic E-state index is 12.8. The maximum absolute atomic E-state index is 12.8. The van der Waals surface area contributed by atoms with E-state index in [-0.39, 0.29) is 18.7 Å². The number of hydrogen-bond donors (Lipinski definition) is 3. The molecule has 36 heavy (non-hydrogen) atoms. The molecular formula is C29H33N3O4. The fraction of sp³-hybridized carbons (Fsp3) is 0.310. The predicted octanol–water partition coefficient (Wildman–Crippen LogP) is 5.41. The van der Waals surface area contributed by atoms with Crippen molar-refractivity contribution < 1.29 is 19.4 Å². The van der Waals surface area contributed by atoms with Gasteiger partial charge in [-0.15, -0.1) is 0 Å². The van der Waals surface area contributed by atoms with Crippen LogP contribution in [0.1, 0.15) is 36.8 Å². The van der Waals surface area contributed by atoms with E-state index >= 15 is 0 Å². The maximum Gasteiger partial charge on any atom is 0.413 e. The molecule has 0 saturated carbocycles. The molecule has 1 aliphatic rings. The van der Waals surface area contributed by atoms with E-state index < -0.39 is 6.09 Å². The van der Waals surface area contributed by atoms with Crippen LogP contribution in [0.4, 0.5) is 16.2 Å². The molecule has 3 aromatic carbocycles. The molecule has 0 spiro atoms. The van der Waals surface area contributed by atoms with Gasteiger partial charge in [-0.3, -0.25) is 15.0 Å². The lowest BCUT2D eigenvalue weighted by Crippen LogP contribution is -2.40. The number of carbonyl (C=O) groups excluding carboxylic acids is 2. The topological polar surface area (TPSA) is 90.9 Å². The number of aliphatic hydroxyl groups excluding tert-OH is 1. The SMILES string of the molecule is CN1CCCCC1OC(=O)Nc1cc(CCC(=O)Nc2ccc(CO)cc2)ccc1-c1ccccc1. The summed E-state index contributed by atoms with van der Waals surface area (Å²) < 4.78 is 5.72. The molecule has 188 valence electrons. The standard InChI is InChI=1S/C29H33N3O4/c1-32-18-6-5-9-28(32)36-29(35)31-26-19-21(12-16-25(26)23-7-3-2-4-8-23)13-17-27(34)30-24-14-10-22(20-33)11-15-24/h2-4,7-8,10-12,14-16,19,28,33H,5-6,9,13,17-18,20H2,1H3,(H,30,34)(H,31,35). The van der Waals surface area contributed by atoms with Crippen LogP contribution in [-0.4, -0.2) is 41.8 Å². The van der Waals surface area contributed by atoms with Crippen LogP contribution in [0.25, 0.3) is 11.1 Å². The van der Waals surface area contributed by atoms with Gasteiger partial charge in [0.05, 0.1) is 12.3 Å². The molecule has 1 unspecified atom stereocenters. The molecule has 0 radical (unpaired) electrons. The summed E-state index contributed by atoms with van der Waals surface area (Å²) >= 11 is 0.